The molecule has 3 aromatic heterocycles. The molecule has 0 aliphatic heterocycles. The molecule has 1 aliphatic rings. The van der Waals surface area contributed by atoms with E-state index in [1.54, 1.807) is 12.3 Å². The molecule has 1 N–H and O–H groups in total. The van der Waals surface area contributed by atoms with Gasteiger partial charge in [0.2, 0.25) is 0 Å². The Balaban J connectivity index is 1.53. The van der Waals surface area contributed by atoms with Crippen molar-refractivity contribution in [1.29, 1.82) is 0 Å². The summed E-state index contributed by atoms with van der Waals surface area (Å²) in [6, 6.07) is 17.4. The number of pyridine rings is 1. The van der Waals surface area contributed by atoms with Crippen LogP contribution in [0.2, 0.25) is 0 Å². The van der Waals surface area contributed by atoms with Gasteiger partial charge in [0, 0.05) is 18.2 Å². The summed E-state index contributed by atoms with van der Waals surface area (Å²) in [6.07, 6.45) is 2.58. The van der Waals surface area contributed by atoms with Crippen LogP contribution in [0.3, 0.4) is 0 Å². The topological polar surface area (TPSA) is 93.8 Å². The normalized spacial score (nSPS) is 16.3. The van der Waals surface area contributed by atoms with Crippen molar-refractivity contribution in [3.05, 3.63) is 87.8 Å². The number of benzene rings is 2. The minimum absolute atomic E-state index is 0.00788. The lowest BCUT2D eigenvalue weighted by atomic mass is 9.79. The number of H-pyrrole nitrogens is 1. The van der Waals surface area contributed by atoms with Crippen molar-refractivity contribution in [1.82, 2.24) is 19.7 Å². The van der Waals surface area contributed by atoms with E-state index in [4.69, 9.17) is 4.42 Å². The Morgan fingerprint density at radius 1 is 1.00 bits per heavy atom. The molecule has 7 nitrogen and oxygen atoms in total. The van der Waals surface area contributed by atoms with E-state index in [-0.39, 0.29) is 23.3 Å². The van der Waals surface area contributed by atoms with Crippen LogP contribution in [0.5, 0.6) is 0 Å². The molecule has 2 aromatic carbocycles. The fraction of sp³-hybridized carbons (Fsp3) is 0.130. The smallest absolute Gasteiger partial charge is 0.325 e. The predicted octanol–water partition coefficient (Wildman–Crippen LogP) is 3.77. The van der Waals surface area contributed by atoms with Crippen LogP contribution in [0.15, 0.2) is 70.0 Å². The summed E-state index contributed by atoms with van der Waals surface area (Å²) in [7, 11) is 0. The van der Waals surface area contributed by atoms with Crippen LogP contribution in [0, 0.1) is 0 Å². The molecule has 146 valence electrons. The molecular weight excluding hydrogens is 380 g/mol. The third kappa shape index (κ3) is 2.45. The van der Waals surface area contributed by atoms with Gasteiger partial charge in [0.15, 0.2) is 17.0 Å². The minimum Gasteiger partial charge on any atom is -0.422 e. The first kappa shape index (κ1) is 16.9. The number of nitrogens with zero attached hydrogens (tertiary/aromatic N) is 3. The Labute approximate surface area is 170 Å². The number of fused-ring (bicyclic) bond motifs is 4. The SMILES string of the molecule is O=C1C[C@H](c2ccccc2)Cc2c1cnc1[nH]n(-c3nc4ccccc4o3)c(=O)c21. The van der Waals surface area contributed by atoms with Crippen LogP contribution in [0.25, 0.3) is 28.1 Å². The third-order valence-electron chi connectivity index (χ3n) is 5.75. The number of Topliss-reactive ketones (excluding diaryl/α,β-unsaturated/α-hetero) is 1. The lowest BCUT2D eigenvalue weighted by Gasteiger charge is -2.23. The number of hydrogen-bond donors (Lipinski definition) is 1. The number of aromatic amines is 1. The molecule has 7 heteroatoms. The summed E-state index contributed by atoms with van der Waals surface area (Å²) in [5, 5.41) is 3.41. The van der Waals surface area contributed by atoms with Gasteiger partial charge in [-0.15, -0.1) is 0 Å². The fourth-order valence-corrected chi connectivity index (χ4v) is 4.29. The Morgan fingerprint density at radius 3 is 2.63 bits per heavy atom. The van der Waals surface area contributed by atoms with Gasteiger partial charge < -0.3 is 4.42 Å². The molecule has 0 unspecified atom stereocenters. The van der Waals surface area contributed by atoms with Crippen LogP contribution in [-0.2, 0) is 6.42 Å². The van der Waals surface area contributed by atoms with Crippen LogP contribution in [-0.4, -0.2) is 25.5 Å². The number of para-hydroxylation sites is 2. The summed E-state index contributed by atoms with van der Waals surface area (Å²) in [5.74, 6) is 0.0393. The van der Waals surface area contributed by atoms with E-state index in [0.29, 0.717) is 40.5 Å². The predicted molar refractivity (Wildman–Crippen MR) is 111 cm³/mol. The second kappa shape index (κ2) is 6.25. The number of hydrogen-bond acceptors (Lipinski definition) is 5. The highest BCUT2D eigenvalue weighted by Crippen LogP contribution is 2.34. The summed E-state index contributed by atoms with van der Waals surface area (Å²) < 4.78 is 7.00. The molecule has 0 bridgehead atoms. The van der Waals surface area contributed by atoms with Gasteiger partial charge in [0.1, 0.15) is 5.52 Å². The second-order valence-electron chi connectivity index (χ2n) is 7.53. The lowest BCUT2D eigenvalue weighted by Crippen LogP contribution is -2.22. The standard InChI is InChI=1S/C23H16N4O3/c28-18-11-14(13-6-2-1-3-7-13)10-15-16(18)12-24-21-20(15)22(29)27(26-21)23-25-17-8-4-5-9-19(17)30-23/h1-9,12,14H,10-11H2,(H,24,26)/t14-/m1/s1. The first-order valence-electron chi connectivity index (χ1n) is 9.76. The quantitative estimate of drug-likeness (QED) is 0.490. The highest BCUT2D eigenvalue weighted by atomic mass is 16.4. The zero-order valence-electron chi connectivity index (χ0n) is 15.8. The molecule has 0 spiro atoms. The maximum Gasteiger partial charge on any atom is 0.325 e. The van der Waals surface area contributed by atoms with E-state index < -0.39 is 0 Å². The van der Waals surface area contributed by atoms with E-state index in [2.05, 4.69) is 15.1 Å². The lowest BCUT2D eigenvalue weighted by molar-refractivity contribution is 0.0964. The van der Waals surface area contributed by atoms with Gasteiger partial charge in [-0.2, -0.15) is 9.67 Å². The van der Waals surface area contributed by atoms with Crippen molar-refractivity contribution in [3.8, 4) is 6.01 Å². The summed E-state index contributed by atoms with van der Waals surface area (Å²) in [4.78, 5) is 34.9. The minimum atomic E-state index is -0.317. The van der Waals surface area contributed by atoms with E-state index in [9.17, 15) is 9.59 Å². The molecule has 1 aliphatic carbocycles. The molecule has 0 fully saturated rings. The number of oxazole rings is 1. The molecule has 5 aromatic rings. The molecule has 0 amide bonds. The van der Waals surface area contributed by atoms with Gasteiger partial charge in [0.25, 0.3) is 5.56 Å². The second-order valence-corrected chi connectivity index (χ2v) is 7.53. The summed E-state index contributed by atoms with van der Waals surface area (Å²) >= 11 is 0. The van der Waals surface area contributed by atoms with Crippen molar-refractivity contribution in [2.75, 3.05) is 0 Å². The Bertz CT molecular complexity index is 1460. The molecule has 3 heterocycles. The maximum atomic E-state index is 13.3. The van der Waals surface area contributed by atoms with Gasteiger partial charge in [-0.3, -0.25) is 14.7 Å². The van der Waals surface area contributed by atoms with Crippen molar-refractivity contribution in [3.63, 3.8) is 0 Å². The van der Waals surface area contributed by atoms with Crippen LogP contribution in [0.4, 0.5) is 0 Å². The monoisotopic (exact) mass is 396 g/mol. The molecule has 0 saturated heterocycles. The molecule has 0 saturated carbocycles. The number of aromatic nitrogens is 4. The van der Waals surface area contributed by atoms with Crippen molar-refractivity contribution >= 4 is 27.9 Å². The highest BCUT2D eigenvalue weighted by Gasteiger charge is 2.30. The zero-order chi connectivity index (χ0) is 20.2. The highest BCUT2D eigenvalue weighted by molar-refractivity contribution is 6.02. The Kier molecular flexibility index (Phi) is 3.52. The zero-order valence-corrected chi connectivity index (χ0v) is 15.8. The van der Waals surface area contributed by atoms with Crippen molar-refractivity contribution in [2.24, 2.45) is 0 Å². The van der Waals surface area contributed by atoms with Gasteiger partial charge in [-0.1, -0.05) is 42.5 Å². The molecule has 30 heavy (non-hydrogen) atoms. The first-order valence-corrected chi connectivity index (χ1v) is 9.76. The van der Waals surface area contributed by atoms with Crippen molar-refractivity contribution < 1.29 is 9.21 Å². The maximum absolute atomic E-state index is 13.3. The van der Waals surface area contributed by atoms with Crippen LogP contribution in [0.1, 0.15) is 33.8 Å². The van der Waals surface area contributed by atoms with E-state index >= 15 is 0 Å². The van der Waals surface area contributed by atoms with Gasteiger partial charge >= 0.3 is 6.01 Å². The first-order chi connectivity index (χ1) is 14.7. The van der Waals surface area contributed by atoms with Crippen LogP contribution < -0.4 is 5.56 Å². The van der Waals surface area contributed by atoms with E-state index in [1.807, 2.05) is 48.5 Å². The van der Waals surface area contributed by atoms with E-state index in [0.717, 1.165) is 11.1 Å². The van der Waals surface area contributed by atoms with Crippen LogP contribution >= 0.6 is 0 Å². The average molecular weight is 396 g/mol. The molecular formula is C23H16N4O3. The third-order valence-corrected chi connectivity index (χ3v) is 5.75. The molecule has 6 rings (SSSR count). The van der Waals surface area contributed by atoms with Gasteiger partial charge in [-0.25, -0.2) is 4.98 Å². The number of rotatable bonds is 2. The van der Waals surface area contributed by atoms with Gasteiger partial charge in [-0.05, 0) is 35.6 Å². The Morgan fingerprint density at radius 2 is 1.80 bits per heavy atom. The number of ketones is 1. The fourth-order valence-electron chi connectivity index (χ4n) is 4.29. The van der Waals surface area contributed by atoms with Gasteiger partial charge in [0.05, 0.1) is 5.39 Å². The largest absolute Gasteiger partial charge is 0.422 e. The molecule has 1 atom stereocenters. The Hall–Kier alpha value is -4.00. The molecule has 0 radical (unpaired) electrons. The number of nitrogens with one attached hydrogen (secondary N) is 1. The number of carbonyl (C=O) groups is 1. The average Bonchev–Trinajstić information content (AvgIpc) is 3.35. The summed E-state index contributed by atoms with van der Waals surface area (Å²) in [6.45, 7) is 0. The van der Waals surface area contributed by atoms with E-state index in [1.165, 1.54) is 4.68 Å². The summed E-state index contributed by atoms with van der Waals surface area (Å²) in [5.41, 5.74) is 3.71. The van der Waals surface area contributed by atoms with Crippen molar-refractivity contribution in [2.45, 2.75) is 18.8 Å². The number of carbonyl (C=O) groups excluding carboxylic acids is 1.